The molecule has 0 aromatic heterocycles. The fourth-order valence-electron chi connectivity index (χ4n) is 3.70. The number of nitrogens with two attached hydrogens (primary N) is 1. The van der Waals surface area contributed by atoms with Crippen LogP contribution in [0.1, 0.15) is 37.7 Å². The maximum atomic E-state index is 12.3. The highest BCUT2D eigenvalue weighted by molar-refractivity contribution is 5.85. The van der Waals surface area contributed by atoms with E-state index in [9.17, 15) is 4.79 Å². The number of likely N-dealkylation sites (tertiary alicyclic amines) is 1. The van der Waals surface area contributed by atoms with Crippen LogP contribution in [0.5, 0.6) is 0 Å². The Morgan fingerprint density at radius 3 is 2.33 bits per heavy atom. The van der Waals surface area contributed by atoms with Crippen LogP contribution in [0.25, 0.3) is 0 Å². The number of halogens is 2. The van der Waals surface area contributed by atoms with Crippen molar-refractivity contribution in [3.8, 4) is 0 Å². The van der Waals surface area contributed by atoms with Gasteiger partial charge in [0, 0.05) is 31.7 Å². The normalized spacial score (nSPS) is 24.7. The molecule has 0 spiro atoms. The first-order valence-corrected chi connectivity index (χ1v) is 8.54. The smallest absolute Gasteiger partial charge is 0.224 e. The molecule has 1 heterocycles. The van der Waals surface area contributed by atoms with Crippen molar-refractivity contribution in [3.05, 3.63) is 35.9 Å². The van der Waals surface area contributed by atoms with E-state index in [1.165, 1.54) is 5.56 Å². The first-order valence-electron chi connectivity index (χ1n) is 8.54. The van der Waals surface area contributed by atoms with Crippen molar-refractivity contribution < 1.29 is 4.79 Å². The van der Waals surface area contributed by atoms with Crippen molar-refractivity contribution in [1.29, 1.82) is 0 Å². The summed E-state index contributed by atoms with van der Waals surface area (Å²) in [5.74, 6) is 0.230. The molecule has 1 aromatic rings. The Kier molecular flexibility index (Phi) is 9.06. The number of piperidine rings is 1. The molecule has 1 saturated carbocycles. The predicted molar refractivity (Wildman–Crippen MR) is 103 cm³/mol. The highest BCUT2D eigenvalue weighted by Crippen LogP contribution is 2.24. The average Bonchev–Trinajstić information content (AvgIpc) is 2.96. The summed E-state index contributed by atoms with van der Waals surface area (Å²) in [6.07, 6.45) is 5.13. The minimum Gasteiger partial charge on any atom is -0.353 e. The third-order valence-corrected chi connectivity index (χ3v) is 5.09. The summed E-state index contributed by atoms with van der Waals surface area (Å²) in [5, 5.41) is 3.23. The Bertz CT molecular complexity index is 492. The summed E-state index contributed by atoms with van der Waals surface area (Å²) in [6, 6.07) is 11.0. The van der Waals surface area contributed by atoms with Gasteiger partial charge < -0.3 is 11.1 Å². The van der Waals surface area contributed by atoms with Gasteiger partial charge in [0.15, 0.2) is 0 Å². The second-order valence-electron chi connectivity index (χ2n) is 6.75. The molecule has 1 aromatic carbocycles. The van der Waals surface area contributed by atoms with Crippen LogP contribution in [0.4, 0.5) is 0 Å². The molecule has 1 saturated heterocycles. The first-order chi connectivity index (χ1) is 10.7. The zero-order chi connectivity index (χ0) is 15.4. The predicted octanol–water partition coefficient (Wildman–Crippen LogP) is 2.74. The maximum Gasteiger partial charge on any atom is 0.224 e. The van der Waals surface area contributed by atoms with E-state index in [4.69, 9.17) is 5.73 Å². The van der Waals surface area contributed by atoms with Crippen LogP contribution in [-0.4, -0.2) is 36.0 Å². The van der Waals surface area contributed by atoms with Gasteiger partial charge in [-0.25, -0.2) is 0 Å². The van der Waals surface area contributed by atoms with Gasteiger partial charge >= 0.3 is 0 Å². The molecule has 24 heavy (non-hydrogen) atoms. The van der Waals surface area contributed by atoms with Gasteiger partial charge in [0.2, 0.25) is 5.91 Å². The van der Waals surface area contributed by atoms with Gasteiger partial charge in [-0.3, -0.25) is 9.69 Å². The molecular weight excluding hydrogens is 345 g/mol. The van der Waals surface area contributed by atoms with Crippen molar-refractivity contribution >= 4 is 30.7 Å². The quantitative estimate of drug-likeness (QED) is 0.852. The molecule has 6 heteroatoms. The highest BCUT2D eigenvalue weighted by Gasteiger charge is 2.31. The van der Waals surface area contributed by atoms with Crippen LogP contribution < -0.4 is 11.1 Å². The number of carbonyl (C=O) groups is 1. The van der Waals surface area contributed by atoms with Crippen LogP contribution >= 0.6 is 24.8 Å². The first kappa shape index (κ1) is 21.2. The van der Waals surface area contributed by atoms with Crippen LogP contribution in [0, 0.1) is 5.92 Å². The van der Waals surface area contributed by atoms with E-state index < -0.39 is 0 Å². The Hall–Kier alpha value is -0.810. The van der Waals surface area contributed by atoms with E-state index in [-0.39, 0.29) is 42.7 Å². The van der Waals surface area contributed by atoms with Gasteiger partial charge in [0.25, 0.3) is 0 Å². The number of nitrogens with zero attached hydrogens (tertiary/aromatic N) is 1. The lowest BCUT2D eigenvalue weighted by Crippen LogP contribution is -2.48. The fourth-order valence-corrected chi connectivity index (χ4v) is 3.70. The van der Waals surface area contributed by atoms with Gasteiger partial charge in [0.1, 0.15) is 0 Å². The van der Waals surface area contributed by atoms with E-state index in [1.807, 2.05) is 0 Å². The lowest BCUT2D eigenvalue weighted by molar-refractivity contribution is -0.126. The average molecular weight is 374 g/mol. The van der Waals surface area contributed by atoms with E-state index in [2.05, 4.69) is 40.5 Å². The molecule has 3 rings (SSSR count). The van der Waals surface area contributed by atoms with Crippen LogP contribution in [0.15, 0.2) is 30.3 Å². The summed E-state index contributed by atoms with van der Waals surface area (Å²) < 4.78 is 0. The summed E-state index contributed by atoms with van der Waals surface area (Å²) in [5.41, 5.74) is 7.39. The fraction of sp³-hybridized carbons (Fsp3) is 0.611. The van der Waals surface area contributed by atoms with Crippen molar-refractivity contribution in [2.45, 2.75) is 50.7 Å². The minimum absolute atomic E-state index is 0. The molecule has 2 aliphatic rings. The molecule has 2 fully saturated rings. The maximum absolute atomic E-state index is 12.3. The lowest BCUT2D eigenvalue weighted by atomic mass is 10.00. The third kappa shape index (κ3) is 5.62. The molecule has 2 unspecified atom stereocenters. The van der Waals surface area contributed by atoms with E-state index in [0.717, 1.165) is 51.7 Å². The Balaban J connectivity index is 0.00000144. The third-order valence-electron chi connectivity index (χ3n) is 5.09. The standard InChI is InChI=1S/C18H27N3O.2ClH/c19-17-8-4-7-16(17)18(22)20-15-9-11-21(12-10-15)13-14-5-2-1-3-6-14;;/h1-3,5-6,15-17H,4,7-13,19H2,(H,20,22);2*1H. The van der Waals surface area contributed by atoms with Crippen molar-refractivity contribution in [3.63, 3.8) is 0 Å². The zero-order valence-electron chi connectivity index (χ0n) is 14.0. The second kappa shape index (κ2) is 10.2. The van der Waals surface area contributed by atoms with Gasteiger partial charge in [-0.2, -0.15) is 0 Å². The molecule has 0 bridgehead atoms. The van der Waals surface area contributed by atoms with Crippen molar-refractivity contribution in [1.82, 2.24) is 10.2 Å². The van der Waals surface area contributed by atoms with Crippen LogP contribution in [0.3, 0.4) is 0 Å². The molecule has 4 nitrogen and oxygen atoms in total. The van der Waals surface area contributed by atoms with E-state index in [1.54, 1.807) is 0 Å². The summed E-state index contributed by atoms with van der Waals surface area (Å²) in [6.45, 7) is 3.11. The summed E-state index contributed by atoms with van der Waals surface area (Å²) in [7, 11) is 0. The molecule has 0 radical (unpaired) electrons. The number of rotatable bonds is 4. The summed E-state index contributed by atoms with van der Waals surface area (Å²) in [4.78, 5) is 14.8. The Morgan fingerprint density at radius 1 is 1.08 bits per heavy atom. The van der Waals surface area contributed by atoms with Gasteiger partial charge in [-0.15, -0.1) is 24.8 Å². The number of carbonyl (C=O) groups excluding carboxylic acids is 1. The lowest BCUT2D eigenvalue weighted by Gasteiger charge is -2.33. The number of nitrogens with one attached hydrogen (secondary N) is 1. The zero-order valence-corrected chi connectivity index (χ0v) is 15.7. The summed E-state index contributed by atoms with van der Waals surface area (Å²) >= 11 is 0. The molecule has 136 valence electrons. The largest absolute Gasteiger partial charge is 0.353 e. The topological polar surface area (TPSA) is 58.4 Å². The molecule has 3 N–H and O–H groups in total. The monoisotopic (exact) mass is 373 g/mol. The molecule has 1 amide bonds. The van der Waals surface area contributed by atoms with Crippen LogP contribution in [-0.2, 0) is 11.3 Å². The molecule has 2 atom stereocenters. The van der Waals surface area contributed by atoms with E-state index in [0.29, 0.717) is 6.04 Å². The second-order valence-corrected chi connectivity index (χ2v) is 6.75. The molecular formula is C18H29Cl2N3O. The van der Waals surface area contributed by atoms with Crippen LogP contribution in [0.2, 0.25) is 0 Å². The Morgan fingerprint density at radius 2 is 1.75 bits per heavy atom. The van der Waals surface area contributed by atoms with Gasteiger partial charge in [-0.05, 0) is 31.2 Å². The van der Waals surface area contributed by atoms with Gasteiger partial charge in [0.05, 0.1) is 5.92 Å². The van der Waals surface area contributed by atoms with E-state index >= 15 is 0 Å². The SMILES string of the molecule is Cl.Cl.NC1CCCC1C(=O)NC1CCN(Cc2ccccc2)CC1. The van der Waals surface area contributed by atoms with Crippen molar-refractivity contribution in [2.24, 2.45) is 11.7 Å². The Labute approximate surface area is 157 Å². The number of hydrogen-bond donors (Lipinski definition) is 2. The minimum atomic E-state index is 0. The number of hydrogen-bond acceptors (Lipinski definition) is 3. The van der Waals surface area contributed by atoms with Crippen molar-refractivity contribution in [2.75, 3.05) is 13.1 Å². The molecule has 1 aliphatic heterocycles. The van der Waals surface area contributed by atoms with Gasteiger partial charge in [-0.1, -0.05) is 36.8 Å². The number of amides is 1. The highest BCUT2D eigenvalue weighted by atomic mass is 35.5. The number of benzene rings is 1. The molecule has 1 aliphatic carbocycles.